The summed E-state index contributed by atoms with van der Waals surface area (Å²) >= 11 is 5.59. The second kappa shape index (κ2) is 5.85. The summed E-state index contributed by atoms with van der Waals surface area (Å²) < 4.78 is 18.7. The molecule has 2 aromatic rings. The molecular formula is C11H12ClFN6O. The summed E-state index contributed by atoms with van der Waals surface area (Å²) in [6.45, 7) is 0. The number of hydrazine groups is 1. The van der Waals surface area contributed by atoms with Crippen molar-refractivity contribution in [2.24, 2.45) is 5.84 Å². The lowest BCUT2D eigenvalue weighted by Gasteiger charge is -2.12. The number of halogens is 2. The average molecular weight is 299 g/mol. The summed E-state index contributed by atoms with van der Waals surface area (Å²) in [7, 11) is 3.50. The summed E-state index contributed by atoms with van der Waals surface area (Å²) in [6.07, 6.45) is 0. The van der Waals surface area contributed by atoms with Crippen LogP contribution in [0.4, 0.5) is 16.3 Å². The molecule has 2 rings (SSSR count). The number of aromatic nitrogens is 3. The second-order valence-corrected chi connectivity index (χ2v) is 4.37. The molecule has 106 valence electrons. The monoisotopic (exact) mass is 298 g/mol. The van der Waals surface area contributed by atoms with E-state index in [0.717, 1.165) is 6.07 Å². The van der Waals surface area contributed by atoms with E-state index in [2.05, 4.69) is 20.4 Å². The van der Waals surface area contributed by atoms with Crippen LogP contribution in [0, 0.1) is 5.82 Å². The van der Waals surface area contributed by atoms with Crippen LogP contribution in [0.25, 0.3) is 0 Å². The molecular weight excluding hydrogens is 287 g/mol. The van der Waals surface area contributed by atoms with E-state index in [4.69, 9.17) is 22.2 Å². The lowest BCUT2D eigenvalue weighted by atomic mass is 10.3. The van der Waals surface area contributed by atoms with E-state index >= 15 is 0 Å². The topological polar surface area (TPSA) is 89.2 Å². The van der Waals surface area contributed by atoms with Gasteiger partial charge in [0.1, 0.15) is 11.6 Å². The number of benzene rings is 1. The van der Waals surface area contributed by atoms with Crippen molar-refractivity contribution in [3.05, 3.63) is 29.0 Å². The van der Waals surface area contributed by atoms with Crippen molar-refractivity contribution in [1.29, 1.82) is 0 Å². The van der Waals surface area contributed by atoms with Crippen LogP contribution >= 0.6 is 11.6 Å². The van der Waals surface area contributed by atoms with Crippen molar-refractivity contribution in [2.45, 2.75) is 0 Å². The van der Waals surface area contributed by atoms with Gasteiger partial charge in [-0.05, 0) is 12.1 Å². The van der Waals surface area contributed by atoms with E-state index in [0.29, 0.717) is 5.95 Å². The number of nitrogens with zero attached hydrogens (tertiary/aromatic N) is 4. The van der Waals surface area contributed by atoms with Gasteiger partial charge in [-0.3, -0.25) is 5.43 Å². The molecule has 0 saturated carbocycles. The Bertz CT molecular complexity index is 624. The number of rotatable bonds is 4. The normalized spacial score (nSPS) is 10.2. The lowest BCUT2D eigenvalue weighted by molar-refractivity contribution is 0.436. The van der Waals surface area contributed by atoms with E-state index < -0.39 is 5.82 Å². The zero-order chi connectivity index (χ0) is 14.7. The van der Waals surface area contributed by atoms with Crippen LogP contribution in [0.5, 0.6) is 11.8 Å². The smallest absolute Gasteiger partial charge is 0.328 e. The Balaban J connectivity index is 2.32. The Morgan fingerprint density at radius 1 is 1.30 bits per heavy atom. The molecule has 7 nitrogen and oxygen atoms in total. The standard InChI is InChI=1S/C11H12ClFN6O/c1-19(2)10-15-9(18-14)16-11(17-10)20-6-3-4-7(12)8(13)5-6/h3-5H,14H2,1-2H3,(H,15,16,17,18). The largest absolute Gasteiger partial charge is 0.424 e. The molecule has 0 atom stereocenters. The third-order valence-corrected chi connectivity index (χ3v) is 2.54. The lowest BCUT2D eigenvalue weighted by Crippen LogP contribution is -2.17. The summed E-state index contributed by atoms with van der Waals surface area (Å²) in [5, 5.41) is 0.00583. The molecule has 0 bridgehead atoms. The molecule has 0 radical (unpaired) electrons. The number of hydrogen-bond donors (Lipinski definition) is 2. The van der Waals surface area contributed by atoms with Gasteiger partial charge in [0.15, 0.2) is 0 Å². The highest BCUT2D eigenvalue weighted by Crippen LogP contribution is 2.24. The number of nitrogens with one attached hydrogen (secondary N) is 1. The zero-order valence-corrected chi connectivity index (χ0v) is 11.5. The van der Waals surface area contributed by atoms with Gasteiger partial charge in [0.25, 0.3) is 0 Å². The highest BCUT2D eigenvalue weighted by atomic mass is 35.5. The molecule has 20 heavy (non-hydrogen) atoms. The number of nitrogen functional groups attached to an aromatic ring is 1. The predicted octanol–water partition coefficient (Wildman–Crippen LogP) is 1.81. The summed E-state index contributed by atoms with van der Waals surface area (Å²) in [5.41, 5.74) is 2.30. The number of nitrogens with two attached hydrogens (primary N) is 1. The number of hydrogen-bond acceptors (Lipinski definition) is 7. The van der Waals surface area contributed by atoms with Gasteiger partial charge in [0, 0.05) is 20.2 Å². The van der Waals surface area contributed by atoms with Gasteiger partial charge < -0.3 is 9.64 Å². The number of anilines is 2. The van der Waals surface area contributed by atoms with Crippen molar-refractivity contribution in [3.63, 3.8) is 0 Å². The second-order valence-electron chi connectivity index (χ2n) is 3.96. The quantitative estimate of drug-likeness (QED) is 0.657. The summed E-state index contributed by atoms with van der Waals surface area (Å²) in [5.74, 6) is 5.37. The van der Waals surface area contributed by atoms with Gasteiger partial charge in [-0.2, -0.15) is 15.0 Å². The molecule has 3 N–H and O–H groups in total. The zero-order valence-electron chi connectivity index (χ0n) is 10.8. The van der Waals surface area contributed by atoms with E-state index in [9.17, 15) is 4.39 Å². The van der Waals surface area contributed by atoms with E-state index in [-0.39, 0.29) is 22.7 Å². The summed E-state index contributed by atoms with van der Waals surface area (Å²) in [4.78, 5) is 13.6. The fourth-order valence-electron chi connectivity index (χ4n) is 1.30. The minimum absolute atomic E-state index is 0.00583. The minimum atomic E-state index is -0.594. The molecule has 0 aliphatic carbocycles. The Morgan fingerprint density at radius 3 is 2.65 bits per heavy atom. The van der Waals surface area contributed by atoms with Gasteiger partial charge in [-0.25, -0.2) is 10.2 Å². The molecule has 0 amide bonds. The maximum absolute atomic E-state index is 13.3. The SMILES string of the molecule is CN(C)c1nc(NN)nc(Oc2ccc(Cl)c(F)c2)n1. The first kappa shape index (κ1) is 14.2. The van der Waals surface area contributed by atoms with Crippen molar-refractivity contribution in [3.8, 4) is 11.8 Å². The molecule has 9 heteroatoms. The van der Waals surface area contributed by atoms with Crippen LogP contribution in [-0.4, -0.2) is 29.0 Å². The van der Waals surface area contributed by atoms with Gasteiger partial charge in [-0.15, -0.1) is 0 Å². The minimum Gasteiger partial charge on any atom is -0.424 e. The maximum Gasteiger partial charge on any atom is 0.328 e. The third kappa shape index (κ3) is 3.22. The average Bonchev–Trinajstić information content (AvgIpc) is 2.42. The first-order valence-corrected chi connectivity index (χ1v) is 5.90. The van der Waals surface area contributed by atoms with Crippen molar-refractivity contribution >= 4 is 23.5 Å². The van der Waals surface area contributed by atoms with E-state index in [1.807, 2.05) is 0 Å². The van der Waals surface area contributed by atoms with Gasteiger partial charge in [-0.1, -0.05) is 11.6 Å². The number of ether oxygens (including phenoxy) is 1. The Labute approximate surface area is 119 Å². The fourth-order valence-corrected chi connectivity index (χ4v) is 1.42. The van der Waals surface area contributed by atoms with E-state index in [1.54, 1.807) is 19.0 Å². The molecule has 0 spiro atoms. The molecule has 0 unspecified atom stereocenters. The highest BCUT2D eigenvalue weighted by molar-refractivity contribution is 6.30. The summed E-state index contributed by atoms with van der Waals surface area (Å²) in [6, 6.07) is 4.00. The van der Waals surface area contributed by atoms with Crippen LogP contribution in [-0.2, 0) is 0 Å². The van der Waals surface area contributed by atoms with Gasteiger partial charge in [0.2, 0.25) is 11.9 Å². The molecule has 0 aliphatic rings. The Morgan fingerprint density at radius 2 is 2.05 bits per heavy atom. The van der Waals surface area contributed by atoms with Crippen LogP contribution in [0.3, 0.4) is 0 Å². The molecule has 1 aromatic heterocycles. The van der Waals surface area contributed by atoms with Gasteiger partial charge in [0.05, 0.1) is 5.02 Å². The van der Waals surface area contributed by atoms with Crippen LogP contribution in [0.2, 0.25) is 5.02 Å². The molecule has 0 fully saturated rings. The Hall–Kier alpha value is -2.19. The third-order valence-electron chi connectivity index (χ3n) is 2.23. The predicted molar refractivity (Wildman–Crippen MR) is 73.4 cm³/mol. The van der Waals surface area contributed by atoms with Gasteiger partial charge >= 0.3 is 6.01 Å². The first-order chi connectivity index (χ1) is 9.49. The molecule has 1 heterocycles. The van der Waals surface area contributed by atoms with Crippen LogP contribution < -0.4 is 20.9 Å². The van der Waals surface area contributed by atoms with E-state index in [1.165, 1.54) is 12.1 Å². The first-order valence-electron chi connectivity index (χ1n) is 5.52. The van der Waals surface area contributed by atoms with Crippen molar-refractivity contribution < 1.29 is 9.13 Å². The maximum atomic E-state index is 13.3. The van der Waals surface area contributed by atoms with Crippen molar-refractivity contribution in [1.82, 2.24) is 15.0 Å². The van der Waals surface area contributed by atoms with Crippen LogP contribution in [0.1, 0.15) is 0 Å². The highest BCUT2D eigenvalue weighted by Gasteiger charge is 2.10. The molecule has 1 aromatic carbocycles. The Kier molecular flexibility index (Phi) is 4.16. The van der Waals surface area contributed by atoms with Crippen LogP contribution in [0.15, 0.2) is 18.2 Å². The fraction of sp³-hybridized carbons (Fsp3) is 0.182. The van der Waals surface area contributed by atoms with Crippen molar-refractivity contribution in [2.75, 3.05) is 24.4 Å². The molecule has 0 aliphatic heterocycles. The molecule has 0 saturated heterocycles.